The normalized spacial score (nSPS) is 20.6. The van der Waals surface area contributed by atoms with E-state index in [9.17, 15) is 0 Å². The summed E-state index contributed by atoms with van der Waals surface area (Å²) in [6.45, 7) is 5.08. The smallest absolute Gasteiger partial charge is 0.131 e. The van der Waals surface area contributed by atoms with Crippen LogP contribution >= 0.6 is 11.6 Å². The minimum Gasteiger partial charge on any atom is -0.378 e. The average Bonchev–Trinajstić information content (AvgIpc) is 3.06. The Morgan fingerprint density at radius 3 is 3.11 bits per heavy atom. The second-order valence-corrected chi connectivity index (χ2v) is 7.58. The predicted molar refractivity (Wildman–Crippen MR) is 112 cm³/mol. The van der Waals surface area contributed by atoms with Crippen LogP contribution in [0.1, 0.15) is 38.6 Å². The maximum Gasteiger partial charge on any atom is 0.131 e. The minimum absolute atomic E-state index is 0.201. The van der Waals surface area contributed by atoms with Gasteiger partial charge in [-0.25, -0.2) is 4.98 Å². The van der Waals surface area contributed by atoms with Crippen LogP contribution in [0, 0.1) is 5.41 Å². The van der Waals surface area contributed by atoms with E-state index in [0.29, 0.717) is 17.3 Å². The van der Waals surface area contributed by atoms with Crippen molar-refractivity contribution in [3.05, 3.63) is 35.2 Å². The van der Waals surface area contributed by atoms with Crippen LogP contribution in [0.15, 0.2) is 29.5 Å². The van der Waals surface area contributed by atoms with Gasteiger partial charge in [0.25, 0.3) is 0 Å². The summed E-state index contributed by atoms with van der Waals surface area (Å²) in [5.41, 5.74) is 6.45. The number of fused-ring (bicyclic) bond motifs is 3. The summed E-state index contributed by atoms with van der Waals surface area (Å²) in [6, 6.07) is 6.04. The van der Waals surface area contributed by atoms with E-state index in [1.165, 1.54) is 6.21 Å². The molecule has 3 heterocycles. The Labute approximate surface area is 168 Å². The molecule has 146 valence electrons. The van der Waals surface area contributed by atoms with E-state index in [-0.39, 0.29) is 12.1 Å². The standard InChI is InChI=1S/C20H23ClN6O/c1-12(9-22)26-24-11-19-25-18-10-23-17-4-3-14(21)8-16(17)20(18)27(19)15-5-6-28-13(2)7-15/h3-4,8-10,13,15,22,24H,5-7,11H2,1-2H3/b22-9?,26-12-/t13-,15?/m1/s1. The topological polar surface area (TPSA) is 88.2 Å². The molecule has 7 nitrogen and oxygen atoms in total. The number of hydrogen-bond acceptors (Lipinski definition) is 6. The molecule has 0 amide bonds. The van der Waals surface area contributed by atoms with Crippen molar-refractivity contribution in [2.75, 3.05) is 6.61 Å². The first kappa shape index (κ1) is 18.8. The summed E-state index contributed by atoms with van der Waals surface area (Å²) in [7, 11) is 0. The van der Waals surface area contributed by atoms with Crippen molar-refractivity contribution < 1.29 is 4.74 Å². The van der Waals surface area contributed by atoms with Crippen LogP contribution in [0.4, 0.5) is 0 Å². The van der Waals surface area contributed by atoms with Gasteiger partial charge in [-0.05, 0) is 44.9 Å². The Kier molecular flexibility index (Phi) is 5.28. The van der Waals surface area contributed by atoms with E-state index >= 15 is 0 Å². The lowest BCUT2D eigenvalue weighted by atomic mass is 10.0. The number of ether oxygens (including phenoxy) is 1. The number of aromatic nitrogens is 3. The molecule has 1 unspecified atom stereocenters. The van der Waals surface area contributed by atoms with Crippen molar-refractivity contribution in [3.63, 3.8) is 0 Å². The maximum atomic E-state index is 7.26. The molecule has 1 saturated heterocycles. The number of hydrogen-bond donors (Lipinski definition) is 2. The van der Waals surface area contributed by atoms with Crippen molar-refractivity contribution in [2.45, 2.75) is 45.4 Å². The van der Waals surface area contributed by atoms with Gasteiger partial charge in [0.15, 0.2) is 0 Å². The van der Waals surface area contributed by atoms with E-state index in [0.717, 1.165) is 47.2 Å². The van der Waals surface area contributed by atoms with Gasteiger partial charge in [-0.3, -0.25) is 4.98 Å². The van der Waals surface area contributed by atoms with Crippen molar-refractivity contribution >= 4 is 45.5 Å². The molecule has 1 aliphatic rings. The van der Waals surface area contributed by atoms with Crippen LogP contribution in [0.25, 0.3) is 21.9 Å². The number of halogens is 1. The Hall–Kier alpha value is -2.51. The van der Waals surface area contributed by atoms with E-state index in [1.807, 2.05) is 24.4 Å². The molecule has 4 rings (SSSR count). The highest BCUT2D eigenvalue weighted by atomic mass is 35.5. The lowest BCUT2D eigenvalue weighted by Crippen LogP contribution is -2.27. The summed E-state index contributed by atoms with van der Waals surface area (Å²) in [5.74, 6) is 0.893. The first-order valence-corrected chi connectivity index (χ1v) is 9.79. The van der Waals surface area contributed by atoms with Gasteiger partial charge in [-0.1, -0.05) is 11.6 Å². The van der Waals surface area contributed by atoms with Crippen LogP contribution in [0.2, 0.25) is 5.02 Å². The van der Waals surface area contributed by atoms with Crippen LogP contribution < -0.4 is 5.43 Å². The molecule has 0 radical (unpaired) electrons. The number of nitrogens with zero attached hydrogens (tertiary/aromatic N) is 4. The molecule has 2 aromatic heterocycles. The summed E-state index contributed by atoms with van der Waals surface area (Å²) in [5, 5.41) is 13.1. The van der Waals surface area contributed by atoms with Crippen molar-refractivity contribution in [3.8, 4) is 0 Å². The van der Waals surface area contributed by atoms with Crippen LogP contribution in [0.5, 0.6) is 0 Å². The third kappa shape index (κ3) is 3.59. The first-order chi connectivity index (χ1) is 13.6. The number of hydrazone groups is 1. The maximum absolute atomic E-state index is 7.26. The van der Waals surface area contributed by atoms with Gasteiger partial charge in [0.2, 0.25) is 0 Å². The van der Waals surface area contributed by atoms with E-state index < -0.39 is 0 Å². The summed E-state index contributed by atoms with van der Waals surface area (Å²) >= 11 is 6.29. The number of nitrogens with one attached hydrogen (secondary N) is 2. The predicted octanol–water partition coefficient (Wildman–Crippen LogP) is 4.09. The van der Waals surface area contributed by atoms with E-state index in [1.54, 1.807) is 6.92 Å². The Morgan fingerprint density at radius 2 is 2.32 bits per heavy atom. The van der Waals surface area contributed by atoms with Crippen molar-refractivity contribution in [2.24, 2.45) is 5.10 Å². The third-order valence-electron chi connectivity index (χ3n) is 5.07. The number of rotatable bonds is 5. The lowest BCUT2D eigenvalue weighted by molar-refractivity contribution is 0.00621. The fraction of sp³-hybridized carbons (Fsp3) is 0.400. The fourth-order valence-corrected chi connectivity index (χ4v) is 3.96. The highest BCUT2D eigenvalue weighted by Gasteiger charge is 2.26. The molecule has 8 heteroatoms. The van der Waals surface area contributed by atoms with Gasteiger partial charge in [-0.15, -0.1) is 0 Å². The zero-order chi connectivity index (χ0) is 19.7. The van der Waals surface area contributed by atoms with Gasteiger partial charge in [0, 0.05) is 29.3 Å². The van der Waals surface area contributed by atoms with E-state index in [4.69, 9.17) is 26.7 Å². The monoisotopic (exact) mass is 398 g/mol. The quantitative estimate of drug-likeness (QED) is 0.500. The molecule has 0 bridgehead atoms. The number of pyridine rings is 1. The second-order valence-electron chi connectivity index (χ2n) is 7.14. The SMILES string of the molecule is C/C(C=N)=N/NCc1nc2cnc3ccc(Cl)cc3c2n1C1CCO[C@H](C)C1. The van der Waals surface area contributed by atoms with Crippen LogP contribution in [0.3, 0.4) is 0 Å². The second kappa shape index (κ2) is 7.85. The van der Waals surface area contributed by atoms with Crippen LogP contribution in [-0.4, -0.2) is 39.2 Å². The molecule has 0 saturated carbocycles. The summed E-state index contributed by atoms with van der Waals surface area (Å²) in [4.78, 5) is 9.39. The van der Waals surface area contributed by atoms with Gasteiger partial charge in [0.1, 0.15) is 11.3 Å². The van der Waals surface area contributed by atoms with Gasteiger partial charge >= 0.3 is 0 Å². The third-order valence-corrected chi connectivity index (χ3v) is 5.31. The molecule has 28 heavy (non-hydrogen) atoms. The average molecular weight is 399 g/mol. The summed E-state index contributed by atoms with van der Waals surface area (Å²) in [6.07, 6.45) is 5.09. The van der Waals surface area contributed by atoms with Crippen molar-refractivity contribution in [1.82, 2.24) is 20.0 Å². The fourth-order valence-electron chi connectivity index (χ4n) is 3.79. The zero-order valence-corrected chi connectivity index (χ0v) is 16.7. The van der Waals surface area contributed by atoms with Gasteiger partial charge < -0.3 is 20.1 Å². The summed E-state index contributed by atoms with van der Waals surface area (Å²) < 4.78 is 8.06. The molecule has 2 atom stereocenters. The highest BCUT2D eigenvalue weighted by Crippen LogP contribution is 2.34. The first-order valence-electron chi connectivity index (χ1n) is 9.41. The van der Waals surface area contributed by atoms with Crippen LogP contribution in [-0.2, 0) is 11.3 Å². The largest absolute Gasteiger partial charge is 0.378 e. The molecule has 0 spiro atoms. The molecule has 1 fully saturated rings. The molecule has 1 aliphatic heterocycles. The minimum atomic E-state index is 0.201. The molecule has 3 aromatic rings. The zero-order valence-electron chi connectivity index (χ0n) is 15.9. The molecule has 0 aliphatic carbocycles. The highest BCUT2D eigenvalue weighted by molar-refractivity contribution is 6.31. The van der Waals surface area contributed by atoms with Crippen molar-refractivity contribution in [1.29, 1.82) is 5.41 Å². The number of benzene rings is 1. The molecule has 1 aromatic carbocycles. The Bertz CT molecular complexity index is 1060. The number of imidazole rings is 1. The molecule has 2 N–H and O–H groups in total. The lowest BCUT2D eigenvalue weighted by Gasteiger charge is -2.30. The Morgan fingerprint density at radius 1 is 1.46 bits per heavy atom. The van der Waals surface area contributed by atoms with E-state index in [2.05, 4.69) is 27.0 Å². The van der Waals surface area contributed by atoms with Gasteiger partial charge in [0.05, 0.1) is 35.6 Å². The Balaban J connectivity index is 1.87. The molecular weight excluding hydrogens is 376 g/mol. The molecular formula is C20H23ClN6O. The van der Waals surface area contributed by atoms with Gasteiger partial charge in [-0.2, -0.15) is 5.10 Å².